The Hall–Kier alpha value is -2.20. The summed E-state index contributed by atoms with van der Waals surface area (Å²) in [5.74, 6) is 0.368. The topological polar surface area (TPSA) is 50.4 Å². The number of amides is 1. The lowest BCUT2D eigenvalue weighted by molar-refractivity contribution is 0.102. The van der Waals surface area contributed by atoms with Crippen LogP contribution >= 0.6 is 11.6 Å². The molecule has 0 saturated heterocycles. The molecule has 0 fully saturated rings. The van der Waals surface area contributed by atoms with Crippen LogP contribution in [-0.4, -0.2) is 20.1 Å². The van der Waals surface area contributed by atoms with Gasteiger partial charge in [0.05, 0.1) is 18.4 Å². The first kappa shape index (κ1) is 15.2. The molecule has 21 heavy (non-hydrogen) atoms. The van der Waals surface area contributed by atoms with Gasteiger partial charge in [-0.05, 0) is 42.8 Å². The van der Waals surface area contributed by atoms with Crippen molar-refractivity contribution < 1.29 is 9.53 Å². The van der Waals surface area contributed by atoms with Crippen molar-refractivity contribution >= 4 is 28.9 Å². The predicted molar refractivity (Wildman–Crippen MR) is 86.7 cm³/mol. The first-order valence-corrected chi connectivity index (χ1v) is 6.86. The average molecular weight is 305 g/mol. The van der Waals surface area contributed by atoms with Crippen LogP contribution in [0.5, 0.6) is 5.75 Å². The normalized spacial score (nSPS) is 10.1. The Bertz CT molecular complexity index is 671. The quantitative estimate of drug-likeness (QED) is 0.899. The standard InChI is InChI=1S/C16H17ClN2O2/c1-10-4-7-15(21-3)14(8-10)19-16(20)12-9-11(17)5-6-13(12)18-2/h4-9,18H,1-3H3,(H,19,20). The van der Waals surface area contributed by atoms with E-state index >= 15 is 0 Å². The summed E-state index contributed by atoms with van der Waals surface area (Å²) in [6.07, 6.45) is 0. The van der Waals surface area contributed by atoms with E-state index in [-0.39, 0.29) is 5.91 Å². The fourth-order valence-electron chi connectivity index (χ4n) is 2.03. The van der Waals surface area contributed by atoms with Gasteiger partial charge in [-0.25, -0.2) is 0 Å². The maximum absolute atomic E-state index is 12.5. The van der Waals surface area contributed by atoms with Gasteiger partial charge in [0, 0.05) is 17.8 Å². The van der Waals surface area contributed by atoms with Crippen molar-refractivity contribution in [2.24, 2.45) is 0 Å². The molecule has 0 aliphatic heterocycles. The number of aryl methyl sites for hydroxylation is 1. The van der Waals surface area contributed by atoms with Crippen molar-refractivity contribution in [2.75, 3.05) is 24.8 Å². The maximum atomic E-state index is 12.5. The lowest BCUT2D eigenvalue weighted by Crippen LogP contribution is -2.14. The molecule has 4 nitrogen and oxygen atoms in total. The van der Waals surface area contributed by atoms with Gasteiger partial charge in [-0.1, -0.05) is 17.7 Å². The number of halogens is 1. The molecule has 0 heterocycles. The van der Waals surface area contributed by atoms with E-state index in [2.05, 4.69) is 10.6 Å². The second-order valence-corrected chi connectivity index (χ2v) is 5.03. The largest absolute Gasteiger partial charge is 0.495 e. The summed E-state index contributed by atoms with van der Waals surface area (Å²) in [4.78, 5) is 12.5. The minimum atomic E-state index is -0.245. The van der Waals surface area contributed by atoms with Crippen LogP contribution in [-0.2, 0) is 0 Å². The zero-order chi connectivity index (χ0) is 15.4. The Morgan fingerprint density at radius 3 is 2.57 bits per heavy atom. The third kappa shape index (κ3) is 3.47. The summed E-state index contributed by atoms with van der Waals surface area (Å²) in [5, 5.41) is 6.35. The van der Waals surface area contributed by atoms with Gasteiger partial charge in [0.1, 0.15) is 5.75 Å². The number of methoxy groups -OCH3 is 1. The Morgan fingerprint density at radius 2 is 1.90 bits per heavy atom. The van der Waals surface area contributed by atoms with Crippen LogP contribution in [0.4, 0.5) is 11.4 Å². The molecular formula is C16H17ClN2O2. The lowest BCUT2D eigenvalue weighted by Gasteiger charge is -2.13. The van der Waals surface area contributed by atoms with Crippen LogP contribution in [0.1, 0.15) is 15.9 Å². The Morgan fingerprint density at radius 1 is 1.14 bits per heavy atom. The van der Waals surface area contributed by atoms with Gasteiger partial charge in [-0.2, -0.15) is 0 Å². The Kier molecular flexibility index (Phi) is 4.70. The molecule has 0 unspecified atom stereocenters. The molecule has 2 aromatic rings. The van der Waals surface area contributed by atoms with Gasteiger partial charge in [0.25, 0.3) is 5.91 Å². The first-order chi connectivity index (χ1) is 10.0. The maximum Gasteiger partial charge on any atom is 0.257 e. The molecule has 0 atom stereocenters. The second kappa shape index (κ2) is 6.50. The van der Waals surface area contributed by atoms with Crippen LogP contribution < -0.4 is 15.4 Å². The number of benzene rings is 2. The molecule has 110 valence electrons. The van der Waals surface area contributed by atoms with Crippen molar-refractivity contribution in [3.8, 4) is 5.75 Å². The van der Waals surface area contributed by atoms with Gasteiger partial charge < -0.3 is 15.4 Å². The Balaban J connectivity index is 2.34. The molecule has 0 bridgehead atoms. The van der Waals surface area contributed by atoms with E-state index in [0.717, 1.165) is 5.56 Å². The number of ether oxygens (including phenoxy) is 1. The smallest absolute Gasteiger partial charge is 0.257 e. The number of nitrogens with one attached hydrogen (secondary N) is 2. The van der Waals surface area contributed by atoms with Gasteiger partial charge in [0.2, 0.25) is 0 Å². The van der Waals surface area contributed by atoms with E-state index in [0.29, 0.717) is 27.7 Å². The van der Waals surface area contributed by atoms with Crippen molar-refractivity contribution in [1.82, 2.24) is 0 Å². The highest BCUT2D eigenvalue weighted by atomic mass is 35.5. The van der Waals surface area contributed by atoms with E-state index < -0.39 is 0 Å². The van der Waals surface area contributed by atoms with Crippen molar-refractivity contribution in [2.45, 2.75) is 6.92 Å². The summed E-state index contributed by atoms with van der Waals surface area (Å²) >= 11 is 5.97. The number of rotatable bonds is 4. The van der Waals surface area contributed by atoms with Crippen LogP contribution in [0.2, 0.25) is 5.02 Å². The van der Waals surface area contributed by atoms with E-state index in [1.165, 1.54) is 0 Å². The number of anilines is 2. The van der Waals surface area contributed by atoms with E-state index in [9.17, 15) is 4.79 Å². The van der Waals surface area contributed by atoms with Crippen molar-refractivity contribution in [3.05, 3.63) is 52.5 Å². The first-order valence-electron chi connectivity index (χ1n) is 6.48. The summed E-state index contributed by atoms with van der Waals surface area (Å²) < 4.78 is 5.26. The zero-order valence-corrected chi connectivity index (χ0v) is 12.9. The summed E-state index contributed by atoms with van der Waals surface area (Å²) in [7, 11) is 3.33. The molecule has 5 heteroatoms. The molecule has 1 amide bonds. The monoisotopic (exact) mass is 304 g/mol. The molecule has 2 N–H and O–H groups in total. The molecule has 2 aromatic carbocycles. The molecule has 0 aliphatic rings. The van der Waals surface area contributed by atoms with Crippen molar-refractivity contribution in [1.29, 1.82) is 0 Å². The van der Waals surface area contributed by atoms with E-state index in [4.69, 9.17) is 16.3 Å². The van der Waals surface area contributed by atoms with E-state index in [1.54, 1.807) is 32.4 Å². The highest BCUT2D eigenvalue weighted by molar-refractivity contribution is 6.31. The predicted octanol–water partition coefficient (Wildman–Crippen LogP) is 3.95. The Labute approximate surface area is 129 Å². The highest BCUT2D eigenvalue weighted by Gasteiger charge is 2.14. The molecule has 0 saturated carbocycles. The average Bonchev–Trinajstić information content (AvgIpc) is 2.47. The molecule has 0 radical (unpaired) electrons. The molecule has 0 spiro atoms. The number of carbonyl (C=O) groups is 1. The molecular weight excluding hydrogens is 288 g/mol. The summed E-state index contributed by atoms with van der Waals surface area (Å²) in [5.41, 5.74) is 2.85. The molecule has 0 aliphatic carbocycles. The minimum Gasteiger partial charge on any atom is -0.495 e. The minimum absolute atomic E-state index is 0.245. The second-order valence-electron chi connectivity index (χ2n) is 4.60. The fraction of sp³-hybridized carbons (Fsp3) is 0.188. The third-order valence-electron chi connectivity index (χ3n) is 3.10. The van der Waals surface area contributed by atoms with Gasteiger partial charge >= 0.3 is 0 Å². The van der Waals surface area contributed by atoms with Gasteiger partial charge in [0.15, 0.2) is 0 Å². The van der Waals surface area contributed by atoms with Crippen LogP contribution in [0.3, 0.4) is 0 Å². The number of carbonyl (C=O) groups excluding carboxylic acids is 1. The number of hydrogen-bond donors (Lipinski definition) is 2. The van der Waals surface area contributed by atoms with E-state index in [1.807, 2.05) is 25.1 Å². The lowest BCUT2D eigenvalue weighted by atomic mass is 10.1. The summed E-state index contributed by atoms with van der Waals surface area (Å²) in [6.45, 7) is 1.95. The summed E-state index contributed by atoms with van der Waals surface area (Å²) in [6, 6.07) is 10.7. The fourth-order valence-corrected chi connectivity index (χ4v) is 2.20. The van der Waals surface area contributed by atoms with Gasteiger partial charge in [-0.3, -0.25) is 4.79 Å². The van der Waals surface area contributed by atoms with Gasteiger partial charge in [-0.15, -0.1) is 0 Å². The van der Waals surface area contributed by atoms with Crippen LogP contribution in [0.15, 0.2) is 36.4 Å². The number of hydrogen-bond acceptors (Lipinski definition) is 3. The molecule has 2 rings (SSSR count). The van der Waals surface area contributed by atoms with Crippen LogP contribution in [0.25, 0.3) is 0 Å². The zero-order valence-electron chi connectivity index (χ0n) is 12.2. The third-order valence-corrected chi connectivity index (χ3v) is 3.33. The molecule has 0 aromatic heterocycles. The van der Waals surface area contributed by atoms with Crippen molar-refractivity contribution in [3.63, 3.8) is 0 Å². The van der Waals surface area contributed by atoms with Crippen LogP contribution in [0, 0.1) is 6.92 Å². The SMILES string of the molecule is CNc1ccc(Cl)cc1C(=O)Nc1cc(C)ccc1OC. The highest BCUT2D eigenvalue weighted by Crippen LogP contribution is 2.27.